The van der Waals surface area contributed by atoms with E-state index in [1.807, 2.05) is 32.6 Å². The van der Waals surface area contributed by atoms with Gasteiger partial charge in [0.25, 0.3) is 0 Å². The number of carbonyl (C=O) groups is 2. The first-order valence-electron chi connectivity index (χ1n) is 15.9. The first-order chi connectivity index (χ1) is 21.7. The zero-order valence-corrected chi connectivity index (χ0v) is 26.8. The van der Waals surface area contributed by atoms with Gasteiger partial charge in [0.1, 0.15) is 23.5 Å². The second-order valence-corrected chi connectivity index (χ2v) is 14.3. The van der Waals surface area contributed by atoms with Crippen molar-refractivity contribution in [2.75, 3.05) is 64.1 Å². The molecule has 0 bridgehead atoms. The lowest BCUT2D eigenvalue weighted by Gasteiger charge is -2.39. The number of amides is 1. The number of carboxylic acid groups (broad SMARTS) is 1. The number of hydrogen-bond donors (Lipinski definition) is 4. The van der Waals surface area contributed by atoms with E-state index in [1.165, 1.54) is 6.20 Å². The molecule has 1 aromatic carbocycles. The van der Waals surface area contributed by atoms with Gasteiger partial charge in [-0.25, -0.2) is 14.0 Å². The number of hydrogen-bond acceptors (Lipinski definition) is 10. The maximum atomic E-state index is 15.3. The fourth-order valence-electron chi connectivity index (χ4n) is 7.38. The molecule has 4 saturated heterocycles. The van der Waals surface area contributed by atoms with E-state index in [-0.39, 0.29) is 52.6 Å². The van der Waals surface area contributed by atoms with Crippen molar-refractivity contribution in [2.45, 2.75) is 63.3 Å². The van der Waals surface area contributed by atoms with Gasteiger partial charge in [-0.1, -0.05) is 0 Å². The average Bonchev–Trinajstić information content (AvgIpc) is 3.55. The molecule has 1 aromatic heterocycles. The zero-order chi connectivity index (χ0) is 33.0. The molecule has 5 aliphatic rings. The third-order valence-electron chi connectivity index (χ3n) is 9.74. The van der Waals surface area contributed by atoms with Crippen LogP contribution in [0.25, 0.3) is 10.9 Å². The molecule has 7 rings (SSSR count). The molecule has 6 heterocycles. The Labute approximate surface area is 266 Å². The van der Waals surface area contributed by atoms with Gasteiger partial charge in [0.15, 0.2) is 11.6 Å². The molecule has 0 spiro atoms. The van der Waals surface area contributed by atoms with Crippen LogP contribution >= 0.6 is 0 Å². The number of ether oxygens (including phenoxy) is 4. The van der Waals surface area contributed by atoms with Gasteiger partial charge in [0, 0.05) is 57.4 Å². The first-order valence-corrected chi connectivity index (χ1v) is 15.9. The summed E-state index contributed by atoms with van der Waals surface area (Å²) in [5, 5.41) is 15.7. The van der Waals surface area contributed by atoms with E-state index in [9.17, 15) is 19.5 Å². The molecule has 0 aliphatic carbocycles. The van der Waals surface area contributed by atoms with Crippen molar-refractivity contribution in [1.29, 1.82) is 0 Å². The molecule has 4 fully saturated rings. The molecule has 0 unspecified atom stereocenters. The number of pyridine rings is 1. The van der Waals surface area contributed by atoms with E-state index in [0.717, 1.165) is 38.6 Å². The Morgan fingerprint density at radius 3 is 2.61 bits per heavy atom. The third-order valence-corrected chi connectivity index (χ3v) is 9.74. The van der Waals surface area contributed by atoms with Crippen molar-refractivity contribution in [3.63, 3.8) is 0 Å². The molecule has 252 valence electrons. The second-order valence-electron chi connectivity index (χ2n) is 14.3. The van der Waals surface area contributed by atoms with E-state index in [2.05, 4.69) is 10.6 Å². The van der Waals surface area contributed by atoms with Crippen molar-refractivity contribution in [2.24, 2.45) is 17.6 Å². The van der Waals surface area contributed by atoms with Gasteiger partial charge >= 0.3 is 12.1 Å². The van der Waals surface area contributed by atoms with Crippen LogP contribution in [0.2, 0.25) is 0 Å². The Morgan fingerprint density at radius 2 is 1.91 bits per heavy atom. The van der Waals surface area contributed by atoms with E-state index >= 15 is 4.39 Å². The molecule has 14 heteroatoms. The van der Waals surface area contributed by atoms with Gasteiger partial charge in [0.2, 0.25) is 5.43 Å². The minimum Gasteiger partial charge on any atom is -0.487 e. The number of anilines is 1. The van der Waals surface area contributed by atoms with Crippen LogP contribution in [0.5, 0.6) is 5.75 Å². The minimum atomic E-state index is -1.33. The number of fused-ring (bicyclic) bond motifs is 2. The Kier molecular flexibility index (Phi) is 8.45. The van der Waals surface area contributed by atoms with Gasteiger partial charge in [-0.2, -0.15) is 0 Å². The zero-order valence-electron chi connectivity index (χ0n) is 26.8. The van der Waals surface area contributed by atoms with E-state index < -0.39 is 28.4 Å². The first kappa shape index (κ1) is 32.5. The number of halogens is 1. The normalized spacial score (nSPS) is 30.0. The predicted octanol–water partition coefficient (Wildman–Crippen LogP) is 2.24. The highest BCUT2D eigenvalue weighted by atomic mass is 19.1. The number of nitrogens with one attached hydrogen (secondary N) is 2. The Hall–Kier alpha value is -3.46. The van der Waals surface area contributed by atoms with Crippen LogP contribution in [0.4, 0.5) is 14.9 Å². The summed E-state index contributed by atoms with van der Waals surface area (Å²) >= 11 is 0. The van der Waals surface area contributed by atoms with Crippen LogP contribution in [0.1, 0.15) is 56.9 Å². The van der Waals surface area contributed by atoms with Crippen LogP contribution in [0.15, 0.2) is 17.1 Å². The maximum Gasteiger partial charge on any atom is 0.408 e. The fraction of sp³-hybridized carbons (Fsp3) is 0.656. The fourth-order valence-corrected chi connectivity index (χ4v) is 7.38. The molecule has 5 atom stereocenters. The third kappa shape index (κ3) is 5.91. The lowest BCUT2D eigenvalue weighted by Crippen LogP contribution is -2.60. The van der Waals surface area contributed by atoms with Crippen molar-refractivity contribution >= 4 is 28.7 Å². The van der Waals surface area contributed by atoms with E-state index in [4.69, 9.17) is 24.7 Å². The molecular weight excluding hydrogens is 601 g/mol. The van der Waals surface area contributed by atoms with E-state index in [0.29, 0.717) is 44.3 Å². The van der Waals surface area contributed by atoms with Gasteiger partial charge in [-0.05, 0) is 46.6 Å². The summed E-state index contributed by atoms with van der Waals surface area (Å²) < 4.78 is 39.3. The SMILES string of the molecule is CC(C)(C)OC(=O)N[C@]12CNC[C@@H]1CCOC2.C[C@H]1COc2c(N3C[C@@H]4CCOC[C@@]4(N)C3)c(F)cc3c(=O)c(C(=O)O)cn1c23. The van der Waals surface area contributed by atoms with Crippen molar-refractivity contribution < 1.29 is 38.0 Å². The number of aromatic nitrogens is 1. The van der Waals surface area contributed by atoms with Crippen LogP contribution in [0, 0.1) is 17.7 Å². The van der Waals surface area contributed by atoms with Crippen molar-refractivity contribution in [3.05, 3.63) is 33.9 Å². The molecule has 0 radical (unpaired) electrons. The lowest BCUT2D eigenvalue weighted by molar-refractivity contribution is -0.00891. The molecule has 5 N–H and O–H groups in total. The summed E-state index contributed by atoms with van der Waals surface area (Å²) in [4.78, 5) is 37.9. The molecule has 1 amide bonds. The molecule has 0 saturated carbocycles. The molecule has 5 aliphatic heterocycles. The Balaban J connectivity index is 0.000000187. The second kappa shape index (κ2) is 12.0. The highest BCUT2D eigenvalue weighted by Crippen LogP contribution is 2.45. The summed E-state index contributed by atoms with van der Waals surface area (Å²) in [7, 11) is 0. The highest BCUT2D eigenvalue weighted by molar-refractivity contribution is 5.97. The van der Waals surface area contributed by atoms with Gasteiger partial charge in [0.05, 0.1) is 41.2 Å². The van der Waals surface area contributed by atoms with Crippen molar-refractivity contribution in [1.82, 2.24) is 15.2 Å². The smallest absolute Gasteiger partial charge is 0.408 e. The Bertz CT molecular complexity index is 1590. The number of nitrogens with zero attached hydrogens (tertiary/aromatic N) is 2. The summed E-state index contributed by atoms with van der Waals surface area (Å²) in [6.07, 6.45) is 2.77. The van der Waals surface area contributed by atoms with Crippen LogP contribution < -0.4 is 31.4 Å². The summed E-state index contributed by atoms with van der Waals surface area (Å²) in [6.45, 7) is 12.8. The number of benzene rings is 1. The van der Waals surface area contributed by atoms with Gasteiger partial charge in [-0.3, -0.25) is 4.79 Å². The molecule has 13 nitrogen and oxygen atoms in total. The quantitative estimate of drug-likeness (QED) is 0.387. The number of nitrogens with two attached hydrogens (primary N) is 1. The minimum absolute atomic E-state index is 0.00936. The topological polar surface area (TPSA) is 167 Å². The van der Waals surface area contributed by atoms with Crippen LogP contribution in [-0.2, 0) is 14.2 Å². The summed E-state index contributed by atoms with van der Waals surface area (Å²) in [6, 6.07) is 0.931. The monoisotopic (exact) mass is 645 g/mol. The van der Waals surface area contributed by atoms with Gasteiger partial charge < -0.3 is 49.9 Å². The maximum absolute atomic E-state index is 15.3. The van der Waals surface area contributed by atoms with Crippen molar-refractivity contribution in [3.8, 4) is 5.75 Å². The highest BCUT2D eigenvalue weighted by Gasteiger charge is 2.48. The molecule has 46 heavy (non-hydrogen) atoms. The number of carbonyl (C=O) groups excluding carboxylic acids is 1. The number of carboxylic acids is 1. The number of alkyl carbamates (subject to hydrolysis) is 1. The molecule has 2 aromatic rings. The molecular formula is C32H44FN5O8. The number of aromatic carboxylic acids is 1. The lowest BCUT2D eigenvalue weighted by atomic mass is 9.84. The largest absolute Gasteiger partial charge is 0.487 e. The Morgan fingerprint density at radius 1 is 1.20 bits per heavy atom. The van der Waals surface area contributed by atoms with Crippen LogP contribution in [0.3, 0.4) is 0 Å². The summed E-state index contributed by atoms with van der Waals surface area (Å²) in [5.41, 5.74) is 4.85. The van der Waals surface area contributed by atoms with Gasteiger partial charge in [-0.15, -0.1) is 0 Å². The standard InChI is InChI=1S/C20H22FN3O5.C12H22N2O3/c1-10-7-29-18-15-12(17(25)13(19(26)27)6-24(10)15)4-14(21)16(18)23-5-11-2-3-28-9-20(11,22)8-23;1-11(2,3)17-10(15)14-12-7-13-6-9(12)4-5-16-8-12/h4,6,10-11H,2-3,5,7-9,22H2,1H3,(H,26,27);9,13H,4-8H2,1-3H3,(H,14,15)/t10-,11-,20-;9-,12-/m00/s1. The van der Waals surface area contributed by atoms with E-state index in [1.54, 1.807) is 4.57 Å². The van der Waals surface area contributed by atoms with Crippen LogP contribution in [-0.4, -0.2) is 97.6 Å². The number of rotatable bonds is 3. The average molecular weight is 646 g/mol. The summed E-state index contributed by atoms with van der Waals surface area (Å²) in [5.74, 6) is -1.05. The predicted molar refractivity (Wildman–Crippen MR) is 167 cm³/mol.